The van der Waals surface area contributed by atoms with Crippen molar-refractivity contribution in [1.29, 1.82) is 0 Å². The van der Waals surface area contributed by atoms with Crippen LogP contribution in [0.15, 0.2) is 34.1 Å². The molecule has 190 valence electrons. The van der Waals surface area contributed by atoms with Crippen molar-refractivity contribution in [3.8, 4) is 17.1 Å². The quantitative estimate of drug-likeness (QED) is 0.441. The van der Waals surface area contributed by atoms with Crippen LogP contribution in [0.4, 0.5) is 0 Å². The van der Waals surface area contributed by atoms with Crippen LogP contribution in [0.2, 0.25) is 0 Å². The highest BCUT2D eigenvalue weighted by Crippen LogP contribution is 2.31. The standard InChI is InChI=1S/C25H35N5O4S/c1-4-12-30-17-18(3)22-24(30)27-23(28-25(22)31)20-16-19(9-10-21(20)34-5-2)35(32,33)26-11-15-29-13-7-6-8-14-29/h9-10,16-17,26H,4-8,11-15H2,1-3H3,(H,27,28,31). The van der Waals surface area contributed by atoms with E-state index in [1.54, 1.807) is 6.07 Å². The molecule has 2 aromatic heterocycles. The molecule has 1 aromatic carbocycles. The Morgan fingerprint density at radius 2 is 1.91 bits per heavy atom. The first-order valence-corrected chi connectivity index (χ1v) is 13.9. The lowest BCUT2D eigenvalue weighted by molar-refractivity contribution is 0.233. The number of fused-ring (bicyclic) bond motifs is 1. The molecule has 0 bridgehead atoms. The Morgan fingerprint density at radius 3 is 2.63 bits per heavy atom. The Labute approximate surface area is 206 Å². The zero-order chi connectivity index (χ0) is 25.0. The van der Waals surface area contributed by atoms with Crippen LogP contribution < -0.4 is 15.0 Å². The summed E-state index contributed by atoms with van der Waals surface area (Å²) in [6.07, 6.45) is 6.38. The first-order chi connectivity index (χ1) is 16.8. The van der Waals surface area contributed by atoms with E-state index in [4.69, 9.17) is 9.72 Å². The van der Waals surface area contributed by atoms with Crippen molar-refractivity contribution in [3.63, 3.8) is 0 Å². The van der Waals surface area contributed by atoms with E-state index in [2.05, 4.69) is 21.5 Å². The SMILES string of the molecule is CCCn1cc(C)c2c(=O)[nH]c(-c3cc(S(=O)(=O)NCCN4CCCCC4)ccc3OCC)nc21. The lowest BCUT2D eigenvalue weighted by Crippen LogP contribution is -2.37. The second-order valence-corrected chi connectivity index (χ2v) is 10.8. The van der Waals surface area contributed by atoms with Gasteiger partial charge in [0, 0.05) is 25.8 Å². The van der Waals surface area contributed by atoms with Crippen LogP contribution in [0.3, 0.4) is 0 Å². The van der Waals surface area contributed by atoms with Crippen molar-refractivity contribution in [2.45, 2.75) is 57.9 Å². The van der Waals surface area contributed by atoms with Crippen molar-refractivity contribution < 1.29 is 13.2 Å². The summed E-state index contributed by atoms with van der Waals surface area (Å²) in [5.74, 6) is 0.749. The zero-order valence-corrected chi connectivity index (χ0v) is 21.6. The van der Waals surface area contributed by atoms with Crippen molar-refractivity contribution in [1.82, 2.24) is 24.2 Å². The van der Waals surface area contributed by atoms with Gasteiger partial charge < -0.3 is 19.2 Å². The van der Waals surface area contributed by atoms with E-state index >= 15 is 0 Å². The summed E-state index contributed by atoms with van der Waals surface area (Å²) in [4.78, 5) is 22.9. The van der Waals surface area contributed by atoms with Gasteiger partial charge in [0.05, 0.1) is 22.5 Å². The van der Waals surface area contributed by atoms with Crippen LogP contribution in [-0.4, -0.2) is 60.6 Å². The Balaban J connectivity index is 1.68. The Bertz CT molecular complexity index is 1340. The maximum atomic E-state index is 13.1. The molecule has 0 radical (unpaired) electrons. The van der Waals surface area contributed by atoms with Crippen molar-refractivity contribution in [2.24, 2.45) is 0 Å². The van der Waals surface area contributed by atoms with Gasteiger partial charge in [0.25, 0.3) is 5.56 Å². The van der Waals surface area contributed by atoms with Crippen LogP contribution in [0.1, 0.15) is 45.1 Å². The number of piperidine rings is 1. The summed E-state index contributed by atoms with van der Waals surface area (Å²) < 4.78 is 36.6. The van der Waals surface area contributed by atoms with Crippen LogP contribution in [0.25, 0.3) is 22.4 Å². The molecular weight excluding hydrogens is 466 g/mol. The van der Waals surface area contributed by atoms with E-state index in [0.29, 0.717) is 42.0 Å². The average molecular weight is 502 g/mol. The van der Waals surface area contributed by atoms with E-state index in [-0.39, 0.29) is 16.3 Å². The molecule has 3 heterocycles. The van der Waals surface area contributed by atoms with Crippen molar-refractivity contribution in [2.75, 3.05) is 32.8 Å². The number of nitrogens with zero attached hydrogens (tertiary/aromatic N) is 3. The molecule has 1 aliphatic heterocycles. The van der Waals surface area contributed by atoms with Gasteiger partial charge in [-0.05, 0) is 70.0 Å². The van der Waals surface area contributed by atoms with Gasteiger partial charge in [-0.15, -0.1) is 0 Å². The summed E-state index contributed by atoms with van der Waals surface area (Å²) in [5.41, 5.74) is 1.62. The van der Waals surface area contributed by atoms with Gasteiger partial charge in [0.2, 0.25) is 10.0 Å². The number of benzene rings is 1. The fourth-order valence-corrected chi connectivity index (χ4v) is 5.72. The molecule has 0 amide bonds. The molecular formula is C25H35N5O4S. The topological polar surface area (TPSA) is 109 Å². The fourth-order valence-electron chi connectivity index (χ4n) is 4.67. The van der Waals surface area contributed by atoms with Gasteiger partial charge in [-0.2, -0.15) is 0 Å². The molecule has 0 unspecified atom stereocenters. The predicted octanol–water partition coefficient (Wildman–Crippen LogP) is 3.27. The maximum Gasteiger partial charge on any atom is 0.260 e. The third-order valence-corrected chi connectivity index (χ3v) is 7.82. The van der Waals surface area contributed by atoms with Gasteiger partial charge >= 0.3 is 0 Å². The number of ether oxygens (including phenoxy) is 1. The number of hydrogen-bond donors (Lipinski definition) is 2. The fraction of sp³-hybridized carbons (Fsp3) is 0.520. The molecule has 9 nitrogen and oxygen atoms in total. The summed E-state index contributed by atoms with van der Waals surface area (Å²) in [5, 5.41) is 0.545. The minimum absolute atomic E-state index is 0.109. The Kier molecular flexibility index (Phi) is 7.93. The summed E-state index contributed by atoms with van der Waals surface area (Å²) in [7, 11) is -3.75. The van der Waals surface area contributed by atoms with Crippen LogP contribution in [0, 0.1) is 6.92 Å². The molecule has 10 heteroatoms. The highest BCUT2D eigenvalue weighted by molar-refractivity contribution is 7.89. The number of hydrogen-bond acceptors (Lipinski definition) is 6. The molecule has 35 heavy (non-hydrogen) atoms. The molecule has 0 aliphatic carbocycles. The number of likely N-dealkylation sites (tertiary alicyclic amines) is 1. The Hall–Kier alpha value is -2.69. The second-order valence-electron chi connectivity index (χ2n) is 9.01. The van der Waals surface area contributed by atoms with Gasteiger partial charge in [-0.1, -0.05) is 13.3 Å². The minimum Gasteiger partial charge on any atom is -0.493 e. The normalized spacial score (nSPS) is 15.1. The number of aromatic amines is 1. The third-order valence-electron chi connectivity index (χ3n) is 6.37. The van der Waals surface area contributed by atoms with Crippen molar-refractivity contribution >= 4 is 21.1 Å². The van der Waals surface area contributed by atoms with Gasteiger partial charge in [0.1, 0.15) is 17.2 Å². The summed E-state index contributed by atoms with van der Waals surface area (Å²) in [6.45, 7) is 9.97. The van der Waals surface area contributed by atoms with E-state index in [1.807, 2.05) is 24.6 Å². The van der Waals surface area contributed by atoms with E-state index in [1.165, 1.54) is 18.6 Å². The predicted molar refractivity (Wildman–Crippen MR) is 137 cm³/mol. The number of sulfonamides is 1. The average Bonchev–Trinajstić information content (AvgIpc) is 3.15. The second kappa shape index (κ2) is 10.9. The third kappa shape index (κ3) is 5.60. The molecule has 4 rings (SSSR count). The molecule has 0 spiro atoms. The van der Waals surface area contributed by atoms with Crippen molar-refractivity contribution in [3.05, 3.63) is 40.3 Å². The first-order valence-electron chi connectivity index (χ1n) is 12.4. The molecule has 0 atom stereocenters. The summed E-state index contributed by atoms with van der Waals surface area (Å²) >= 11 is 0. The highest BCUT2D eigenvalue weighted by Gasteiger charge is 2.21. The smallest absolute Gasteiger partial charge is 0.260 e. The monoisotopic (exact) mass is 501 g/mol. The van der Waals surface area contributed by atoms with Crippen LogP contribution in [-0.2, 0) is 16.6 Å². The van der Waals surface area contributed by atoms with Gasteiger partial charge in [0.15, 0.2) is 0 Å². The van der Waals surface area contributed by atoms with Gasteiger partial charge in [-0.3, -0.25) is 4.79 Å². The van der Waals surface area contributed by atoms with E-state index in [0.717, 1.165) is 44.5 Å². The lowest BCUT2D eigenvalue weighted by Gasteiger charge is -2.26. The van der Waals surface area contributed by atoms with E-state index in [9.17, 15) is 13.2 Å². The number of rotatable bonds is 10. The van der Waals surface area contributed by atoms with Crippen LogP contribution >= 0.6 is 0 Å². The van der Waals surface area contributed by atoms with Crippen LogP contribution in [0.5, 0.6) is 5.75 Å². The molecule has 2 N–H and O–H groups in total. The number of nitrogens with one attached hydrogen (secondary N) is 2. The molecule has 0 saturated carbocycles. The number of H-pyrrole nitrogens is 1. The van der Waals surface area contributed by atoms with Gasteiger partial charge in [-0.25, -0.2) is 18.1 Å². The minimum atomic E-state index is -3.75. The maximum absolute atomic E-state index is 13.1. The Morgan fingerprint density at radius 1 is 1.14 bits per heavy atom. The molecule has 3 aromatic rings. The number of aromatic nitrogens is 3. The largest absolute Gasteiger partial charge is 0.493 e. The zero-order valence-electron chi connectivity index (χ0n) is 20.8. The number of aryl methyl sites for hydroxylation is 2. The summed E-state index contributed by atoms with van der Waals surface area (Å²) in [6, 6.07) is 4.68. The molecule has 1 saturated heterocycles. The lowest BCUT2D eigenvalue weighted by atomic mass is 10.1. The molecule has 1 aliphatic rings. The first kappa shape index (κ1) is 25.4. The van der Waals surface area contributed by atoms with E-state index < -0.39 is 10.0 Å². The highest BCUT2D eigenvalue weighted by atomic mass is 32.2. The molecule has 1 fully saturated rings.